The molecule has 0 spiro atoms. The molecule has 0 aliphatic heterocycles. The topological polar surface area (TPSA) is 26.3 Å². The summed E-state index contributed by atoms with van der Waals surface area (Å²) < 4.78 is 4.65. The van der Waals surface area contributed by atoms with Crippen molar-refractivity contribution in [1.82, 2.24) is 0 Å². The molecule has 16 heavy (non-hydrogen) atoms. The van der Waals surface area contributed by atoms with Gasteiger partial charge in [-0.3, -0.25) is 4.79 Å². The van der Waals surface area contributed by atoms with Gasteiger partial charge in [-0.15, -0.1) is 11.8 Å². The van der Waals surface area contributed by atoms with E-state index in [-0.39, 0.29) is 16.0 Å². The van der Waals surface area contributed by atoms with Gasteiger partial charge in [0.1, 0.15) is 5.25 Å². The zero-order chi connectivity index (χ0) is 12.2. The lowest BCUT2D eigenvalue weighted by atomic mass is 10.0. The van der Waals surface area contributed by atoms with Crippen molar-refractivity contribution in [3.63, 3.8) is 0 Å². The molecule has 0 radical (unpaired) electrons. The molecule has 1 aromatic carbocycles. The lowest BCUT2D eigenvalue weighted by Gasteiger charge is -2.27. The van der Waals surface area contributed by atoms with Crippen molar-refractivity contribution in [3.05, 3.63) is 35.9 Å². The number of methoxy groups -OCH3 is 1. The summed E-state index contributed by atoms with van der Waals surface area (Å²) in [6, 6.07) is 10.2. The Balaban J connectivity index is 2.76. The zero-order valence-corrected chi connectivity index (χ0v) is 11.0. The van der Waals surface area contributed by atoms with Gasteiger partial charge in [-0.25, -0.2) is 0 Å². The smallest absolute Gasteiger partial charge is 0.318 e. The minimum atomic E-state index is -0.172. The molecule has 1 atom stereocenters. The fourth-order valence-corrected chi connectivity index (χ4v) is 2.91. The Labute approximate surface area is 101 Å². The second-order valence-corrected chi connectivity index (χ2v) is 6.12. The van der Waals surface area contributed by atoms with E-state index < -0.39 is 0 Å². The van der Waals surface area contributed by atoms with E-state index in [0.29, 0.717) is 0 Å². The van der Waals surface area contributed by atoms with Crippen LogP contribution in [0.15, 0.2) is 30.3 Å². The van der Waals surface area contributed by atoms with Gasteiger partial charge in [0.05, 0.1) is 7.11 Å². The maximum atomic E-state index is 11.4. The van der Waals surface area contributed by atoms with E-state index in [9.17, 15) is 4.79 Å². The van der Waals surface area contributed by atoms with Crippen LogP contribution in [0.3, 0.4) is 0 Å². The largest absolute Gasteiger partial charge is 0.468 e. The highest BCUT2D eigenvalue weighted by molar-refractivity contribution is 8.01. The van der Waals surface area contributed by atoms with Crippen molar-refractivity contribution in [2.75, 3.05) is 7.11 Å². The summed E-state index contributed by atoms with van der Waals surface area (Å²) in [7, 11) is 1.43. The average molecular weight is 238 g/mol. The first-order valence-electron chi connectivity index (χ1n) is 5.28. The van der Waals surface area contributed by atoms with Crippen molar-refractivity contribution in [1.29, 1.82) is 0 Å². The summed E-state index contributed by atoms with van der Waals surface area (Å²) in [6.45, 7) is 6.11. The number of thioether (sulfide) groups is 1. The van der Waals surface area contributed by atoms with Gasteiger partial charge in [-0.2, -0.15) is 0 Å². The Morgan fingerprint density at radius 1 is 1.31 bits per heavy atom. The standard InChI is InChI=1S/C13H18O2S/c1-10(12(14)15-4)16-13(2,3)11-8-6-5-7-9-11/h5-10H,1-4H3. The van der Waals surface area contributed by atoms with Crippen LogP contribution in [0.4, 0.5) is 0 Å². The first kappa shape index (κ1) is 13.1. The van der Waals surface area contributed by atoms with E-state index in [1.165, 1.54) is 12.7 Å². The number of rotatable bonds is 4. The highest BCUT2D eigenvalue weighted by Gasteiger charge is 2.27. The predicted molar refractivity (Wildman–Crippen MR) is 68.5 cm³/mol. The number of esters is 1. The average Bonchev–Trinajstić information content (AvgIpc) is 2.28. The predicted octanol–water partition coefficient (Wildman–Crippen LogP) is 3.22. The molecule has 0 amide bonds. The molecule has 0 heterocycles. The van der Waals surface area contributed by atoms with Crippen molar-refractivity contribution in [2.24, 2.45) is 0 Å². The molecule has 88 valence electrons. The Bertz CT molecular complexity index is 346. The van der Waals surface area contributed by atoms with Crippen molar-refractivity contribution in [2.45, 2.75) is 30.8 Å². The Hall–Kier alpha value is -0.960. The molecule has 0 aliphatic rings. The first-order valence-corrected chi connectivity index (χ1v) is 6.16. The molecular weight excluding hydrogens is 220 g/mol. The number of ether oxygens (including phenoxy) is 1. The summed E-state index contributed by atoms with van der Waals surface area (Å²) >= 11 is 1.61. The lowest BCUT2D eigenvalue weighted by Crippen LogP contribution is -2.22. The van der Waals surface area contributed by atoms with Gasteiger partial charge in [0, 0.05) is 4.75 Å². The summed E-state index contributed by atoms with van der Waals surface area (Å²) in [5.41, 5.74) is 1.22. The van der Waals surface area contributed by atoms with Gasteiger partial charge < -0.3 is 4.74 Å². The molecule has 0 saturated carbocycles. The first-order chi connectivity index (χ1) is 7.47. The molecule has 0 bridgehead atoms. The van der Waals surface area contributed by atoms with Crippen LogP contribution in [0.5, 0.6) is 0 Å². The van der Waals surface area contributed by atoms with E-state index in [0.717, 1.165) is 0 Å². The maximum absolute atomic E-state index is 11.4. The van der Waals surface area contributed by atoms with E-state index in [1.807, 2.05) is 25.1 Å². The minimum absolute atomic E-state index is 0.0884. The molecule has 1 rings (SSSR count). The van der Waals surface area contributed by atoms with E-state index >= 15 is 0 Å². The molecule has 0 N–H and O–H groups in total. The van der Waals surface area contributed by atoms with Crippen LogP contribution in [0.25, 0.3) is 0 Å². The molecule has 0 saturated heterocycles. The second-order valence-electron chi connectivity index (χ2n) is 4.16. The number of carbonyl (C=O) groups excluding carboxylic acids is 1. The molecule has 1 aromatic rings. The normalized spacial score (nSPS) is 13.2. The Kier molecular flexibility index (Phi) is 4.42. The monoisotopic (exact) mass is 238 g/mol. The third kappa shape index (κ3) is 3.27. The van der Waals surface area contributed by atoms with Gasteiger partial charge in [0.15, 0.2) is 0 Å². The second kappa shape index (κ2) is 5.39. The van der Waals surface area contributed by atoms with Gasteiger partial charge in [0.25, 0.3) is 0 Å². The van der Waals surface area contributed by atoms with Crippen molar-refractivity contribution in [3.8, 4) is 0 Å². The van der Waals surface area contributed by atoms with Crippen LogP contribution < -0.4 is 0 Å². The third-order valence-electron chi connectivity index (χ3n) is 2.47. The van der Waals surface area contributed by atoms with E-state index in [1.54, 1.807) is 11.8 Å². The van der Waals surface area contributed by atoms with Crippen LogP contribution in [-0.2, 0) is 14.3 Å². The van der Waals surface area contributed by atoms with E-state index in [2.05, 4.69) is 26.0 Å². The minimum Gasteiger partial charge on any atom is -0.468 e. The quantitative estimate of drug-likeness (QED) is 0.753. The fourth-order valence-electron chi connectivity index (χ4n) is 1.56. The van der Waals surface area contributed by atoms with Gasteiger partial charge in [-0.1, -0.05) is 30.3 Å². The molecule has 0 aromatic heterocycles. The van der Waals surface area contributed by atoms with Crippen LogP contribution in [0.2, 0.25) is 0 Å². The van der Waals surface area contributed by atoms with Gasteiger partial charge >= 0.3 is 5.97 Å². The van der Waals surface area contributed by atoms with Crippen LogP contribution in [-0.4, -0.2) is 18.3 Å². The summed E-state index contributed by atoms with van der Waals surface area (Å²) in [4.78, 5) is 11.4. The highest BCUT2D eigenvalue weighted by atomic mass is 32.2. The summed E-state index contributed by atoms with van der Waals surface area (Å²) in [5, 5.41) is -0.153. The maximum Gasteiger partial charge on any atom is 0.318 e. The molecule has 3 heteroatoms. The van der Waals surface area contributed by atoms with Crippen LogP contribution >= 0.6 is 11.8 Å². The molecule has 0 aliphatic carbocycles. The number of carbonyl (C=O) groups is 1. The zero-order valence-electron chi connectivity index (χ0n) is 10.2. The molecule has 0 fully saturated rings. The molecule has 1 unspecified atom stereocenters. The van der Waals surface area contributed by atoms with Crippen molar-refractivity contribution >= 4 is 17.7 Å². The lowest BCUT2D eigenvalue weighted by molar-refractivity contribution is -0.139. The van der Waals surface area contributed by atoms with E-state index in [4.69, 9.17) is 4.74 Å². The van der Waals surface area contributed by atoms with Gasteiger partial charge in [-0.05, 0) is 26.3 Å². The summed E-state index contributed by atoms with van der Waals surface area (Å²) in [6.07, 6.45) is 0. The Morgan fingerprint density at radius 3 is 2.38 bits per heavy atom. The highest BCUT2D eigenvalue weighted by Crippen LogP contribution is 2.38. The number of hydrogen-bond acceptors (Lipinski definition) is 3. The van der Waals surface area contributed by atoms with Crippen LogP contribution in [0.1, 0.15) is 26.3 Å². The third-order valence-corrected chi connectivity index (χ3v) is 3.84. The number of hydrogen-bond donors (Lipinski definition) is 0. The summed E-state index contributed by atoms with van der Waals surface area (Å²) in [5.74, 6) is -0.172. The number of benzene rings is 1. The SMILES string of the molecule is COC(=O)C(C)SC(C)(C)c1ccccc1. The Morgan fingerprint density at radius 2 is 1.88 bits per heavy atom. The van der Waals surface area contributed by atoms with Crippen LogP contribution in [0, 0.1) is 0 Å². The molecule has 2 nitrogen and oxygen atoms in total. The van der Waals surface area contributed by atoms with Crippen molar-refractivity contribution < 1.29 is 9.53 Å². The fraction of sp³-hybridized carbons (Fsp3) is 0.462. The molecular formula is C13H18O2S. The van der Waals surface area contributed by atoms with Gasteiger partial charge in [0.2, 0.25) is 0 Å².